The van der Waals surface area contributed by atoms with E-state index < -0.39 is 0 Å². The minimum atomic E-state index is -0.217. The average Bonchev–Trinajstić information content (AvgIpc) is 3.31. The Labute approximate surface area is 116 Å². The topological polar surface area (TPSA) is 48.3 Å². The SMILES string of the molecule is COc1ccccc1-c1ccc(C=O)c(=O)n1C1CC1. The van der Waals surface area contributed by atoms with Gasteiger partial charge in [0.2, 0.25) is 0 Å². The average molecular weight is 269 g/mol. The van der Waals surface area contributed by atoms with Gasteiger partial charge in [-0.05, 0) is 37.1 Å². The van der Waals surface area contributed by atoms with Gasteiger partial charge >= 0.3 is 0 Å². The molecule has 0 bridgehead atoms. The Morgan fingerprint density at radius 1 is 1.20 bits per heavy atom. The molecule has 1 aromatic carbocycles. The van der Waals surface area contributed by atoms with Crippen molar-refractivity contribution in [2.24, 2.45) is 0 Å². The van der Waals surface area contributed by atoms with Gasteiger partial charge in [0.1, 0.15) is 5.75 Å². The first-order valence-corrected chi connectivity index (χ1v) is 6.60. The fraction of sp³-hybridized carbons (Fsp3) is 0.250. The van der Waals surface area contributed by atoms with Crippen molar-refractivity contribution < 1.29 is 9.53 Å². The van der Waals surface area contributed by atoms with E-state index in [9.17, 15) is 9.59 Å². The zero-order valence-electron chi connectivity index (χ0n) is 11.2. The summed E-state index contributed by atoms with van der Waals surface area (Å²) >= 11 is 0. The Balaban J connectivity index is 2.26. The van der Waals surface area contributed by atoms with Crippen LogP contribution in [0.2, 0.25) is 0 Å². The van der Waals surface area contributed by atoms with E-state index in [1.807, 2.05) is 30.3 Å². The Bertz CT molecular complexity index is 714. The first-order valence-electron chi connectivity index (χ1n) is 6.60. The highest BCUT2D eigenvalue weighted by Gasteiger charge is 2.28. The molecule has 0 radical (unpaired) electrons. The summed E-state index contributed by atoms with van der Waals surface area (Å²) in [4.78, 5) is 23.3. The van der Waals surface area contributed by atoms with Crippen LogP contribution in [0.25, 0.3) is 11.3 Å². The Morgan fingerprint density at radius 3 is 2.60 bits per heavy atom. The number of ether oxygens (including phenoxy) is 1. The molecule has 1 heterocycles. The highest BCUT2D eigenvalue weighted by molar-refractivity contribution is 5.76. The maximum atomic E-state index is 12.4. The highest BCUT2D eigenvalue weighted by atomic mass is 16.5. The van der Waals surface area contributed by atoms with E-state index in [1.165, 1.54) is 0 Å². The normalized spacial score (nSPS) is 14.1. The third-order valence-corrected chi connectivity index (χ3v) is 3.57. The third-order valence-electron chi connectivity index (χ3n) is 3.57. The molecule has 0 unspecified atom stereocenters. The van der Waals surface area contributed by atoms with Crippen LogP contribution in [0.1, 0.15) is 29.2 Å². The summed E-state index contributed by atoms with van der Waals surface area (Å²) in [6, 6.07) is 11.2. The summed E-state index contributed by atoms with van der Waals surface area (Å²) in [5, 5.41) is 0. The fourth-order valence-corrected chi connectivity index (χ4v) is 2.43. The van der Waals surface area contributed by atoms with Crippen molar-refractivity contribution in [1.82, 2.24) is 4.57 Å². The maximum Gasteiger partial charge on any atom is 0.261 e. The molecule has 20 heavy (non-hydrogen) atoms. The number of pyridine rings is 1. The first kappa shape index (κ1) is 12.7. The van der Waals surface area contributed by atoms with E-state index in [-0.39, 0.29) is 17.2 Å². The molecule has 1 fully saturated rings. The zero-order chi connectivity index (χ0) is 14.1. The van der Waals surface area contributed by atoms with E-state index >= 15 is 0 Å². The van der Waals surface area contributed by atoms with Gasteiger partial charge in [-0.3, -0.25) is 9.59 Å². The zero-order valence-corrected chi connectivity index (χ0v) is 11.2. The summed E-state index contributed by atoms with van der Waals surface area (Å²) in [5.41, 5.74) is 1.67. The summed E-state index contributed by atoms with van der Waals surface area (Å²) in [5.74, 6) is 0.722. The van der Waals surface area contributed by atoms with Crippen molar-refractivity contribution >= 4 is 6.29 Å². The van der Waals surface area contributed by atoms with E-state index in [0.717, 1.165) is 29.8 Å². The van der Waals surface area contributed by atoms with Gasteiger partial charge in [-0.25, -0.2) is 0 Å². The van der Waals surface area contributed by atoms with Gasteiger partial charge in [-0.15, -0.1) is 0 Å². The van der Waals surface area contributed by atoms with Gasteiger partial charge in [0.25, 0.3) is 5.56 Å². The quantitative estimate of drug-likeness (QED) is 0.802. The second kappa shape index (κ2) is 4.96. The lowest BCUT2D eigenvalue weighted by Crippen LogP contribution is -2.24. The molecule has 1 saturated carbocycles. The van der Waals surface area contributed by atoms with Crippen LogP contribution in [-0.2, 0) is 0 Å². The lowest BCUT2D eigenvalue weighted by molar-refractivity contribution is 0.112. The molecule has 1 aliphatic carbocycles. The van der Waals surface area contributed by atoms with Crippen LogP contribution >= 0.6 is 0 Å². The smallest absolute Gasteiger partial charge is 0.261 e. The summed E-state index contributed by atoms with van der Waals surface area (Å²) < 4.78 is 7.09. The largest absolute Gasteiger partial charge is 0.496 e. The number of hydrogen-bond acceptors (Lipinski definition) is 3. The molecule has 102 valence electrons. The molecule has 1 aliphatic rings. The molecule has 0 aliphatic heterocycles. The summed E-state index contributed by atoms with van der Waals surface area (Å²) in [6.45, 7) is 0. The van der Waals surface area contributed by atoms with E-state index in [4.69, 9.17) is 4.74 Å². The monoisotopic (exact) mass is 269 g/mol. The van der Waals surface area contributed by atoms with Crippen molar-refractivity contribution in [2.75, 3.05) is 7.11 Å². The number of carbonyl (C=O) groups is 1. The van der Waals surface area contributed by atoms with Gasteiger partial charge in [0.15, 0.2) is 6.29 Å². The number of aldehydes is 1. The van der Waals surface area contributed by atoms with E-state index in [1.54, 1.807) is 17.7 Å². The van der Waals surface area contributed by atoms with Crippen molar-refractivity contribution in [3.63, 3.8) is 0 Å². The van der Waals surface area contributed by atoms with E-state index in [0.29, 0.717) is 6.29 Å². The molecular weight excluding hydrogens is 254 g/mol. The Hall–Kier alpha value is -2.36. The predicted molar refractivity (Wildman–Crippen MR) is 76.3 cm³/mol. The van der Waals surface area contributed by atoms with Gasteiger partial charge in [0, 0.05) is 11.6 Å². The molecule has 0 amide bonds. The summed E-state index contributed by atoms with van der Waals surface area (Å²) in [7, 11) is 1.61. The number of carbonyl (C=O) groups excluding carboxylic acids is 1. The molecular formula is C16H15NO3. The number of methoxy groups -OCH3 is 1. The number of aromatic nitrogens is 1. The van der Waals surface area contributed by atoms with Crippen LogP contribution < -0.4 is 10.3 Å². The van der Waals surface area contributed by atoms with Crippen molar-refractivity contribution in [3.05, 3.63) is 52.3 Å². The van der Waals surface area contributed by atoms with Gasteiger partial charge < -0.3 is 9.30 Å². The number of benzene rings is 1. The first-order chi connectivity index (χ1) is 9.76. The van der Waals surface area contributed by atoms with Gasteiger partial charge in [0.05, 0.1) is 18.4 Å². The third kappa shape index (κ3) is 2.03. The van der Waals surface area contributed by atoms with Crippen LogP contribution in [0.15, 0.2) is 41.2 Å². The standard InChI is InChI=1S/C16H15NO3/c1-20-15-5-3-2-4-13(15)14-9-6-11(10-18)16(19)17(14)12-7-8-12/h2-6,9-10,12H,7-8H2,1H3. The van der Waals surface area contributed by atoms with Crippen LogP contribution in [-0.4, -0.2) is 18.0 Å². The van der Waals surface area contributed by atoms with Crippen molar-refractivity contribution in [3.8, 4) is 17.0 Å². The van der Waals surface area contributed by atoms with Gasteiger partial charge in [-0.2, -0.15) is 0 Å². The molecule has 4 nitrogen and oxygen atoms in total. The number of rotatable bonds is 4. The molecule has 4 heteroatoms. The fourth-order valence-electron chi connectivity index (χ4n) is 2.43. The Kier molecular flexibility index (Phi) is 3.14. The molecule has 3 rings (SSSR count). The minimum absolute atomic E-state index is 0.197. The molecule has 0 atom stereocenters. The summed E-state index contributed by atoms with van der Waals surface area (Å²) in [6.07, 6.45) is 2.57. The maximum absolute atomic E-state index is 12.4. The van der Waals surface area contributed by atoms with Gasteiger partial charge in [-0.1, -0.05) is 12.1 Å². The number of para-hydroxylation sites is 1. The molecule has 2 aromatic rings. The van der Waals surface area contributed by atoms with Crippen LogP contribution in [0.5, 0.6) is 5.75 Å². The highest BCUT2D eigenvalue weighted by Crippen LogP contribution is 2.39. The van der Waals surface area contributed by atoms with Crippen LogP contribution in [0.3, 0.4) is 0 Å². The van der Waals surface area contributed by atoms with Crippen LogP contribution in [0, 0.1) is 0 Å². The van der Waals surface area contributed by atoms with Crippen molar-refractivity contribution in [1.29, 1.82) is 0 Å². The van der Waals surface area contributed by atoms with E-state index in [2.05, 4.69) is 0 Å². The number of nitrogens with zero attached hydrogens (tertiary/aromatic N) is 1. The van der Waals surface area contributed by atoms with Crippen molar-refractivity contribution in [2.45, 2.75) is 18.9 Å². The second-order valence-electron chi connectivity index (χ2n) is 4.90. The lowest BCUT2D eigenvalue weighted by Gasteiger charge is -2.15. The lowest BCUT2D eigenvalue weighted by atomic mass is 10.1. The van der Waals surface area contributed by atoms with Crippen LogP contribution in [0.4, 0.5) is 0 Å². The molecule has 0 N–H and O–H groups in total. The number of hydrogen-bond donors (Lipinski definition) is 0. The predicted octanol–water partition coefficient (Wildman–Crippen LogP) is 2.67. The minimum Gasteiger partial charge on any atom is -0.496 e. The molecule has 0 saturated heterocycles. The Morgan fingerprint density at radius 2 is 1.95 bits per heavy atom. The molecule has 1 aromatic heterocycles. The second-order valence-corrected chi connectivity index (χ2v) is 4.90. The molecule has 0 spiro atoms.